The van der Waals surface area contributed by atoms with Crippen LogP contribution in [0.15, 0.2) is 126 Å². The second-order valence-corrected chi connectivity index (χ2v) is 40.0. The zero-order valence-corrected chi connectivity index (χ0v) is 78.1. The van der Waals surface area contributed by atoms with Crippen LogP contribution in [-0.4, -0.2) is 269 Å². The number of aliphatic hydroxyl groups is 4. The fourth-order valence-corrected chi connectivity index (χ4v) is 25.4. The molecule has 0 amide bonds. The number of aliphatic carboxylic acids is 1. The molecule has 34 nitrogen and oxygen atoms in total. The first-order valence-electron chi connectivity index (χ1n) is 47.1. The van der Waals surface area contributed by atoms with Crippen molar-refractivity contribution in [2.75, 3.05) is 54.4 Å². The number of carboxylic acid groups (broad SMARTS) is 1. The molecule has 4 fully saturated rings. The van der Waals surface area contributed by atoms with Crippen molar-refractivity contribution in [3.8, 4) is 46.0 Å². The Morgan fingerprint density at radius 1 is 0.390 bits per heavy atom. The molecule has 4 spiro atoms. The molecule has 8 aliphatic carbocycles. The number of carbonyl (C=O) groups excluding carboxylic acids is 8. The van der Waals surface area contributed by atoms with E-state index in [1.165, 1.54) is 13.8 Å². The van der Waals surface area contributed by atoms with E-state index in [4.69, 9.17) is 56.8 Å². The van der Waals surface area contributed by atoms with Crippen molar-refractivity contribution in [3.63, 3.8) is 0 Å². The van der Waals surface area contributed by atoms with E-state index in [0.717, 1.165) is 69.7 Å². The summed E-state index contributed by atoms with van der Waals surface area (Å²) < 4.78 is 68.6. The number of likely N-dealkylation sites (N-methyl/N-ethyl adjacent to an activating group) is 4. The first kappa shape index (κ1) is 94.7. The third-order valence-corrected chi connectivity index (χ3v) is 31.9. The molecule has 4 saturated heterocycles. The first-order valence-corrected chi connectivity index (χ1v) is 47.1. The van der Waals surface area contributed by atoms with E-state index in [-0.39, 0.29) is 109 Å². The topological polar surface area (TPSA) is 459 Å². The van der Waals surface area contributed by atoms with E-state index in [0.29, 0.717) is 106 Å². The van der Waals surface area contributed by atoms with Crippen molar-refractivity contribution < 1.29 is 146 Å². The Balaban J connectivity index is 0.000000121. The van der Waals surface area contributed by atoms with Crippen LogP contribution >= 0.6 is 0 Å². The number of carboxylic acids is 1. The highest BCUT2D eigenvalue weighted by Crippen LogP contribution is 2.71. The molecule has 34 heteroatoms. The van der Waals surface area contributed by atoms with Gasteiger partial charge in [0.25, 0.3) is 0 Å². The number of phenols is 4. The minimum atomic E-state index is -1.62. The van der Waals surface area contributed by atoms with Crippen LogP contribution in [0, 0.1) is 5.92 Å². The second-order valence-electron chi connectivity index (χ2n) is 40.0. The Morgan fingerprint density at radius 2 is 0.706 bits per heavy atom. The summed E-state index contributed by atoms with van der Waals surface area (Å²) in [5.74, 6) is -4.98. The fraction of sp³-hybridized carbons (Fsp3) is 0.539. The average Bonchev–Trinajstić information content (AvgIpc) is 1.49. The van der Waals surface area contributed by atoms with Crippen LogP contribution in [0.4, 0.5) is 0 Å². The normalized spacial score (nSPS) is 31.7. The summed E-state index contributed by atoms with van der Waals surface area (Å²) in [5.41, 5.74) is 0.0964. The Kier molecular flexibility index (Phi) is 24.2. The molecule has 16 aliphatic rings. The van der Waals surface area contributed by atoms with E-state index in [2.05, 4.69) is 19.6 Å². The van der Waals surface area contributed by atoms with Crippen molar-refractivity contribution in [2.45, 2.75) is 288 Å². The third-order valence-electron chi connectivity index (χ3n) is 31.9. The third kappa shape index (κ3) is 14.5. The van der Waals surface area contributed by atoms with Gasteiger partial charge in [-0.2, -0.15) is 0 Å². The Labute approximate surface area is 785 Å². The number of rotatable bonds is 21. The van der Waals surface area contributed by atoms with Gasteiger partial charge in [0.05, 0.1) is 81.3 Å². The largest absolute Gasteiger partial charge is 0.504 e. The molecule has 8 bridgehead atoms. The SMILES string of the molecule is CC(C)C(=O)O[C@@H](C)C(=O)OC1=CC[C@@]2(O)[C@H]3Cc4ccc(O)c5c4C2(CCN3C)C1O5.CC(C)OC(=O)CCC(=O)OC1=CC[C@@]2(O)[C@H]3Cc4ccc(O)c5c4C2(CCN3C)C1O5.CCCC(=O)O[C@H](CC(=O)O)C(=O)OC1=CC[C@@]2(O)[C@H]3Cc4ccc(O)c5c4C2(CCN3C)C1O5.C[C@H](OC(=O)[C@@H](C)c1ccccc1)C(=O)OC1=CC[C@@]2(O)[C@H]3Cc4ccc(O)c5c4C2(CCN3C)C1O5. The van der Waals surface area contributed by atoms with Gasteiger partial charge in [0.2, 0.25) is 6.10 Å². The summed E-state index contributed by atoms with van der Waals surface area (Å²) in [4.78, 5) is 120. The lowest BCUT2D eigenvalue weighted by Gasteiger charge is -2.61. The zero-order valence-electron chi connectivity index (χ0n) is 78.1. The molecule has 21 rings (SSSR count). The molecule has 0 radical (unpaired) electrons. The molecule has 5 aromatic carbocycles. The maximum Gasteiger partial charge on any atom is 0.353 e. The summed E-state index contributed by atoms with van der Waals surface area (Å²) in [6.07, 6.45) is 5.02. The number of nitrogens with zero attached hydrogens (tertiary/aromatic N) is 4. The average molecular weight is 1880 g/mol. The van der Waals surface area contributed by atoms with Crippen LogP contribution in [0.2, 0.25) is 0 Å². The fourth-order valence-electron chi connectivity index (χ4n) is 25.4. The summed E-state index contributed by atoms with van der Waals surface area (Å²) in [6.45, 7) is 16.2. The summed E-state index contributed by atoms with van der Waals surface area (Å²) in [5, 5.41) is 99.9. The number of hydrogen-bond acceptors (Lipinski definition) is 33. The summed E-state index contributed by atoms with van der Waals surface area (Å²) in [7, 11) is 8.00. The van der Waals surface area contributed by atoms with E-state index >= 15 is 0 Å². The van der Waals surface area contributed by atoms with Gasteiger partial charge in [0.15, 0.2) is 82.6 Å². The van der Waals surface area contributed by atoms with Crippen molar-refractivity contribution in [2.24, 2.45) is 5.92 Å². The maximum absolute atomic E-state index is 13.1. The van der Waals surface area contributed by atoms with Crippen LogP contribution in [0.3, 0.4) is 0 Å². The minimum absolute atomic E-state index is 0.00475. The molecule has 20 atom stereocenters. The van der Waals surface area contributed by atoms with Crippen molar-refractivity contribution in [1.82, 2.24) is 19.6 Å². The van der Waals surface area contributed by atoms with Crippen LogP contribution in [0.1, 0.15) is 195 Å². The van der Waals surface area contributed by atoms with Crippen LogP contribution < -0.4 is 18.9 Å². The van der Waals surface area contributed by atoms with Gasteiger partial charge >= 0.3 is 53.7 Å². The van der Waals surface area contributed by atoms with E-state index in [1.807, 2.05) is 82.8 Å². The predicted molar refractivity (Wildman–Crippen MR) is 479 cm³/mol. The molecule has 8 heterocycles. The van der Waals surface area contributed by atoms with Gasteiger partial charge in [0.1, 0.15) is 23.0 Å². The predicted octanol–water partition coefficient (Wildman–Crippen LogP) is 8.09. The number of likely N-dealkylation sites (tertiary alicyclic amines) is 4. The highest BCUT2D eigenvalue weighted by atomic mass is 16.6. The van der Waals surface area contributed by atoms with Gasteiger partial charge in [-0.15, -0.1) is 0 Å². The van der Waals surface area contributed by atoms with Crippen LogP contribution in [-0.2, 0) is 128 Å². The van der Waals surface area contributed by atoms with Gasteiger partial charge < -0.3 is 122 Å². The Morgan fingerprint density at radius 3 is 1.03 bits per heavy atom. The minimum Gasteiger partial charge on any atom is -0.504 e. The maximum atomic E-state index is 13.1. The van der Waals surface area contributed by atoms with Crippen molar-refractivity contribution in [3.05, 3.63) is 176 Å². The molecular weight excluding hydrogens is 1760 g/mol. The molecule has 8 unspecified atom stereocenters. The number of hydrogen-bond donors (Lipinski definition) is 9. The van der Waals surface area contributed by atoms with E-state index in [1.54, 1.807) is 90.1 Å². The van der Waals surface area contributed by atoms with Gasteiger partial charge in [-0.05, 0) is 223 Å². The summed E-state index contributed by atoms with van der Waals surface area (Å²) in [6, 6.07) is 22.6. The monoisotopic (exact) mass is 1880 g/mol. The van der Waals surface area contributed by atoms with E-state index in [9.17, 15) is 89.1 Å². The quantitative estimate of drug-likeness (QED) is 0.0247. The van der Waals surface area contributed by atoms with Gasteiger partial charge in [-0.25, -0.2) is 14.4 Å². The second kappa shape index (κ2) is 34.8. The Hall–Kier alpha value is -11.6. The molecule has 5 aromatic rings. The number of carbonyl (C=O) groups is 9. The molecule has 0 saturated carbocycles. The molecule has 9 N–H and O–H groups in total. The lowest BCUT2D eigenvalue weighted by atomic mass is 9.50. The highest BCUT2D eigenvalue weighted by Gasteiger charge is 2.77. The number of piperidine rings is 4. The number of benzene rings is 5. The number of aromatic hydroxyl groups is 4. The molecule has 8 aliphatic heterocycles. The number of esters is 8. The van der Waals surface area contributed by atoms with Crippen molar-refractivity contribution in [1.29, 1.82) is 0 Å². The summed E-state index contributed by atoms with van der Waals surface area (Å²) >= 11 is 0. The molecule has 726 valence electrons. The smallest absolute Gasteiger partial charge is 0.353 e. The standard InChI is InChI=1S/C29H31NO7.C25H29NO9.2C24H29NO7/c1-16(18-7-5-4-6-8-18)26(32)35-17(2)27(33)36-21-11-12-29(34)22-15-19-9-10-20(31)24-23(19)28(29,25(21)37-24)13-14-30(22)3;1-3-4-19(30)33-16(12-18(28)29)23(31)34-15-7-8-25(32)17-11-13-5-6-14(27)21-20(13)24(25,22(15)35-21)9-10-26(17)2;1-12(2)21(27)30-13(3)22(28)31-16-7-8-24(29)17-11-14-5-6-15(26)19-18(14)23(24,20(16)32-19)9-10-25(17)4;1-13(2)30-18(27)6-7-19(28)31-16-8-9-24(29)17-12-14-4-5-15(26)21-20(14)23(24,22(16)32-21)10-11-25(17)3/h4-11,16-17,22,25,31,34H,12-15H2,1-3H3;5-7,16-17,22,27,32H,3-4,8-12H2,1-2H3,(H,28,29);5-7,12-13,17,20,26,29H,8-11H2,1-4H3;4-5,8,13,17,22,26,29H,6-7,9-12H2,1-3H3/t16-,17-,22+,25?,28?,29+;16-,17-,22?,24?,25-;13-,17+,20?,23?,24+;17-,22?,23?,24-/m0101/s1. The van der Waals surface area contributed by atoms with Crippen LogP contribution in [0.5, 0.6) is 46.0 Å². The van der Waals surface area contributed by atoms with E-state index < -0.39 is 153 Å². The highest BCUT2D eigenvalue weighted by molar-refractivity contribution is 5.86. The molecule has 0 aromatic heterocycles. The Bertz CT molecular complexity index is 5890. The van der Waals surface area contributed by atoms with Gasteiger partial charge in [-0.3, -0.25) is 28.8 Å². The zero-order chi connectivity index (χ0) is 97.1. The van der Waals surface area contributed by atoms with Gasteiger partial charge in [0, 0.05) is 78.5 Å². The van der Waals surface area contributed by atoms with Crippen molar-refractivity contribution >= 4 is 53.7 Å². The molecular formula is C102H118N4O30. The first-order chi connectivity index (χ1) is 64.6. The van der Waals surface area contributed by atoms with Crippen LogP contribution in [0.25, 0.3) is 0 Å². The molecule has 136 heavy (non-hydrogen) atoms. The number of ether oxygens (including phenoxy) is 12. The van der Waals surface area contributed by atoms with Gasteiger partial charge in [-0.1, -0.05) is 75.4 Å². The lowest BCUT2D eigenvalue weighted by Crippen LogP contribution is -2.74. The number of phenolic OH excluding ortho intramolecular Hbond substituents is 4. The lowest BCUT2D eigenvalue weighted by molar-refractivity contribution is -0.177.